The van der Waals surface area contributed by atoms with Crippen molar-refractivity contribution in [3.05, 3.63) is 0 Å². The smallest absolute Gasteiger partial charge is 0.191 e. The Bertz CT molecular complexity index is 388. The molecule has 0 radical (unpaired) electrons. The molecule has 0 aromatic heterocycles. The van der Waals surface area contributed by atoms with Crippen LogP contribution in [0.3, 0.4) is 0 Å². The zero-order chi connectivity index (χ0) is 18.6. The summed E-state index contributed by atoms with van der Waals surface area (Å²) in [7, 11) is 0. The Kier molecular flexibility index (Phi) is 10.3. The van der Waals surface area contributed by atoms with Crippen molar-refractivity contribution in [2.45, 2.75) is 52.5 Å². The fraction of sp³-hybridized carbons (Fsp3) is 0.950. The Balaban J connectivity index is 1.81. The summed E-state index contributed by atoms with van der Waals surface area (Å²) < 4.78 is 5.51. The van der Waals surface area contributed by atoms with E-state index in [4.69, 9.17) is 9.73 Å². The number of nitrogens with zero attached hydrogens (tertiary/aromatic N) is 3. The van der Waals surface area contributed by atoms with E-state index in [-0.39, 0.29) is 0 Å². The molecule has 152 valence electrons. The molecule has 2 heterocycles. The first-order valence-electron chi connectivity index (χ1n) is 10.8. The van der Waals surface area contributed by atoms with E-state index in [1.807, 2.05) is 0 Å². The minimum absolute atomic E-state index is 0.486. The lowest BCUT2D eigenvalue weighted by Gasteiger charge is -2.36. The summed E-state index contributed by atoms with van der Waals surface area (Å²) in [5, 5.41) is 6.95. The van der Waals surface area contributed by atoms with Gasteiger partial charge in [0.1, 0.15) is 0 Å². The van der Waals surface area contributed by atoms with Crippen LogP contribution in [-0.4, -0.2) is 87.4 Å². The van der Waals surface area contributed by atoms with Crippen molar-refractivity contribution in [2.75, 3.05) is 65.6 Å². The maximum absolute atomic E-state index is 5.51. The van der Waals surface area contributed by atoms with Gasteiger partial charge < -0.3 is 20.3 Å². The molecule has 0 aliphatic carbocycles. The standard InChI is InChI=1S/C20H41N5O/c1-4-21-20(22-9-12-24-10-7-5-6-8-11-24)23-17-19(18(2)3)25-13-15-26-16-14-25/h18-19H,4-17H2,1-3H3,(H2,21,22,23). The van der Waals surface area contributed by atoms with Crippen molar-refractivity contribution in [2.24, 2.45) is 10.9 Å². The van der Waals surface area contributed by atoms with E-state index in [1.54, 1.807) is 0 Å². The third kappa shape index (κ3) is 7.80. The first kappa shape index (κ1) is 21.5. The molecule has 2 aliphatic rings. The minimum atomic E-state index is 0.486. The minimum Gasteiger partial charge on any atom is -0.379 e. The zero-order valence-corrected chi connectivity index (χ0v) is 17.3. The second kappa shape index (κ2) is 12.5. The van der Waals surface area contributed by atoms with Gasteiger partial charge in [-0.2, -0.15) is 0 Å². The van der Waals surface area contributed by atoms with Gasteiger partial charge in [0, 0.05) is 38.8 Å². The van der Waals surface area contributed by atoms with Crippen molar-refractivity contribution in [1.82, 2.24) is 20.4 Å². The summed E-state index contributed by atoms with van der Waals surface area (Å²) in [5.74, 6) is 1.55. The first-order valence-corrected chi connectivity index (χ1v) is 10.8. The highest BCUT2D eigenvalue weighted by molar-refractivity contribution is 5.79. The molecule has 1 unspecified atom stereocenters. The lowest BCUT2D eigenvalue weighted by molar-refractivity contribution is 0.00867. The molecule has 2 saturated heterocycles. The number of morpholine rings is 1. The van der Waals surface area contributed by atoms with Crippen LogP contribution < -0.4 is 10.6 Å². The second-order valence-corrected chi connectivity index (χ2v) is 7.86. The van der Waals surface area contributed by atoms with E-state index in [0.717, 1.165) is 58.4 Å². The molecule has 2 fully saturated rings. The maximum atomic E-state index is 5.51. The molecule has 6 heteroatoms. The molecule has 0 aromatic carbocycles. The third-order valence-corrected chi connectivity index (χ3v) is 5.48. The molecule has 2 aliphatic heterocycles. The van der Waals surface area contributed by atoms with Crippen molar-refractivity contribution in [3.8, 4) is 0 Å². The molecule has 0 spiro atoms. The lowest BCUT2D eigenvalue weighted by atomic mass is 10.0. The van der Waals surface area contributed by atoms with Crippen LogP contribution in [-0.2, 0) is 4.74 Å². The molecule has 1 atom stereocenters. The normalized spacial score (nSPS) is 22.2. The van der Waals surface area contributed by atoms with Crippen LogP contribution in [0.2, 0.25) is 0 Å². The van der Waals surface area contributed by atoms with Gasteiger partial charge in [0.2, 0.25) is 0 Å². The van der Waals surface area contributed by atoms with Crippen molar-refractivity contribution in [3.63, 3.8) is 0 Å². The van der Waals surface area contributed by atoms with Crippen LogP contribution in [0.15, 0.2) is 4.99 Å². The fourth-order valence-electron chi connectivity index (χ4n) is 3.88. The second-order valence-electron chi connectivity index (χ2n) is 7.86. The van der Waals surface area contributed by atoms with Gasteiger partial charge in [-0.15, -0.1) is 0 Å². The number of guanidine groups is 1. The van der Waals surface area contributed by atoms with Gasteiger partial charge in [-0.05, 0) is 38.8 Å². The maximum Gasteiger partial charge on any atom is 0.191 e. The monoisotopic (exact) mass is 367 g/mol. The van der Waals surface area contributed by atoms with Gasteiger partial charge in [-0.25, -0.2) is 0 Å². The van der Waals surface area contributed by atoms with Crippen molar-refractivity contribution >= 4 is 5.96 Å². The van der Waals surface area contributed by atoms with Crippen LogP contribution in [0, 0.1) is 5.92 Å². The molecule has 26 heavy (non-hydrogen) atoms. The van der Waals surface area contributed by atoms with E-state index in [9.17, 15) is 0 Å². The molecule has 2 N–H and O–H groups in total. The first-order chi connectivity index (χ1) is 12.7. The van der Waals surface area contributed by atoms with Crippen LogP contribution in [0.25, 0.3) is 0 Å². The fourth-order valence-corrected chi connectivity index (χ4v) is 3.88. The average molecular weight is 368 g/mol. The highest BCUT2D eigenvalue weighted by Gasteiger charge is 2.23. The van der Waals surface area contributed by atoms with Gasteiger partial charge in [-0.3, -0.25) is 9.89 Å². The number of hydrogen-bond donors (Lipinski definition) is 2. The summed E-state index contributed by atoms with van der Waals surface area (Å²) in [4.78, 5) is 10.0. The van der Waals surface area contributed by atoms with Crippen molar-refractivity contribution in [1.29, 1.82) is 0 Å². The van der Waals surface area contributed by atoms with E-state index < -0.39 is 0 Å². The summed E-state index contributed by atoms with van der Waals surface area (Å²) in [6, 6.07) is 0.486. The van der Waals surface area contributed by atoms with Crippen LogP contribution in [0.1, 0.15) is 46.5 Å². The molecular formula is C20H41N5O. The van der Waals surface area contributed by atoms with E-state index in [2.05, 4.69) is 41.2 Å². The number of rotatable bonds is 8. The van der Waals surface area contributed by atoms with E-state index >= 15 is 0 Å². The summed E-state index contributed by atoms with van der Waals surface area (Å²) in [5.41, 5.74) is 0. The Morgan fingerprint density at radius 3 is 2.31 bits per heavy atom. The molecule has 0 bridgehead atoms. The van der Waals surface area contributed by atoms with Gasteiger partial charge in [-0.1, -0.05) is 26.7 Å². The van der Waals surface area contributed by atoms with Crippen LogP contribution >= 0.6 is 0 Å². The van der Waals surface area contributed by atoms with Crippen molar-refractivity contribution < 1.29 is 4.74 Å². The average Bonchev–Trinajstić information content (AvgIpc) is 2.91. The predicted molar refractivity (Wildman–Crippen MR) is 110 cm³/mol. The number of likely N-dealkylation sites (tertiary alicyclic amines) is 1. The number of aliphatic imine (C=N–C) groups is 1. The van der Waals surface area contributed by atoms with Gasteiger partial charge >= 0.3 is 0 Å². The van der Waals surface area contributed by atoms with Gasteiger partial charge in [0.25, 0.3) is 0 Å². The predicted octanol–water partition coefficient (Wildman–Crippen LogP) is 1.77. The summed E-state index contributed by atoms with van der Waals surface area (Å²) >= 11 is 0. The molecule has 0 amide bonds. The Hall–Kier alpha value is -0.850. The number of nitrogens with one attached hydrogen (secondary N) is 2. The summed E-state index contributed by atoms with van der Waals surface area (Å²) in [6.45, 7) is 16.8. The third-order valence-electron chi connectivity index (χ3n) is 5.48. The van der Waals surface area contributed by atoms with E-state index in [0.29, 0.717) is 12.0 Å². The topological polar surface area (TPSA) is 52.1 Å². The quantitative estimate of drug-likeness (QED) is 0.506. The Morgan fingerprint density at radius 1 is 1.00 bits per heavy atom. The highest BCUT2D eigenvalue weighted by Crippen LogP contribution is 2.13. The lowest BCUT2D eigenvalue weighted by Crippen LogP contribution is -2.48. The largest absolute Gasteiger partial charge is 0.379 e. The van der Waals surface area contributed by atoms with E-state index in [1.165, 1.54) is 38.8 Å². The van der Waals surface area contributed by atoms with Crippen LogP contribution in [0.4, 0.5) is 0 Å². The van der Waals surface area contributed by atoms with Gasteiger partial charge in [0.05, 0.1) is 19.8 Å². The Labute approximate surface area is 160 Å². The number of hydrogen-bond acceptors (Lipinski definition) is 4. The highest BCUT2D eigenvalue weighted by atomic mass is 16.5. The molecule has 0 aromatic rings. The zero-order valence-electron chi connectivity index (χ0n) is 17.3. The molecule has 0 saturated carbocycles. The molecular weight excluding hydrogens is 326 g/mol. The van der Waals surface area contributed by atoms with Gasteiger partial charge in [0.15, 0.2) is 5.96 Å². The molecule has 6 nitrogen and oxygen atoms in total. The SMILES string of the molecule is CCNC(=NCC(C(C)C)N1CCOCC1)NCCN1CCCCCC1. The number of ether oxygens (including phenoxy) is 1. The Morgan fingerprint density at radius 2 is 1.69 bits per heavy atom. The summed E-state index contributed by atoms with van der Waals surface area (Å²) in [6.07, 6.45) is 5.49. The van der Waals surface area contributed by atoms with Crippen LogP contribution in [0.5, 0.6) is 0 Å². The molecule has 2 rings (SSSR count).